The maximum absolute atomic E-state index is 11.2. The molecule has 0 heterocycles. The summed E-state index contributed by atoms with van der Waals surface area (Å²) in [6.07, 6.45) is 1.40. The van der Waals surface area contributed by atoms with Crippen LogP contribution in [-0.2, 0) is 4.79 Å². The van der Waals surface area contributed by atoms with Crippen molar-refractivity contribution < 1.29 is 4.79 Å². The van der Waals surface area contributed by atoms with Gasteiger partial charge in [0.05, 0.1) is 12.6 Å². The molecule has 4 heteroatoms. The molecule has 1 amide bonds. The first-order valence-electron chi connectivity index (χ1n) is 4.35. The molecule has 74 valence electrons. The summed E-state index contributed by atoms with van der Waals surface area (Å²) < 4.78 is 0. The van der Waals surface area contributed by atoms with E-state index < -0.39 is 6.04 Å². The Bertz CT molecular complexity index is 205. The molecule has 0 aliphatic rings. The smallest absolute Gasteiger partial charge is 0.237 e. The predicted octanol–water partition coefficient (Wildman–Crippen LogP) is -0.808. The highest BCUT2D eigenvalue weighted by Crippen LogP contribution is 1.91. The monoisotopic (exact) mass is 183 g/mol. The van der Waals surface area contributed by atoms with Crippen molar-refractivity contribution in [2.45, 2.75) is 25.8 Å². The topological polar surface area (TPSA) is 81.1 Å². The molecule has 5 N–H and O–H groups in total. The molecule has 0 spiro atoms. The summed E-state index contributed by atoms with van der Waals surface area (Å²) in [6, 6.07) is -0.456. The fourth-order valence-electron chi connectivity index (χ4n) is 0.820. The van der Waals surface area contributed by atoms with Crippen LogP contribution < -0.4 is 16.8 Å². The number of amides is 1. The van der Waals surface area contributed by atoms with Crippen molar-refractivity contribution >= 4 is 5.91 Å². The average Bonchev–Trinajstić information content (AvgIpc) is 2.14. The van der Waals surface area contributed by atoms with E-state index in [0.29, 0.717) is 19.5 Å². The summed E-state index contributed by atoms with van der Waals surface area (Å²) in [7, 11) is 0. The van der Waals surface area contributed by atoms with Crippen LogP contribution in [0, 0.1) is 11.8 Å². The highest BCUT2D eigenvalue weighted by atomic mass is 16.2. The van der Waals surface area contributed by atoms with E-state index >= 15 is 0 Å². The zero-order valence-corrected chi connectivity index (χ0v) is 7.97. The van der Waals surface area contributed by atoms with Crippen LogP contribution in [0.15, 0.2) is 0 Å². The first-order chi connectivity index (χ1) is 6.22. The lowest BCUT2D eigenvalue weighted by Gasteiger charge is -2.09. The molecule has 0 aliphatic carbocycles. The van der Waals surface area contributed by atoms with E-state index in [4.69, 9.17) is 11.5 Å². The summed E-state index contributed by atoms with van der Waals surface area (Å²) >= 11 is 0. The van der Waals surface area contributed by atoms with Gasteiger partial charge in [0.1, 0.15) is 0 Å². The number of rotatable bonds is 5. The largest absolute Gasteiger partial charge is 0.344 e. The van der Waals surface area contributed by atoms with Crippen molar-refractivity contribution in [1.82, 2.24) is 5.32 Å². The molecule has 0 aromatic heterocycles. The van der Waals surface area contributed by atoms with E-state index in [0.717, 1.165) is 6.42 Å². The van der Waals surface area contributed by atoms with Gasteiger partial charge in [-0.2, -0.15) is 0 Å². The minimum absolute atomic E-state index is 0.156. The summed E-state index contributed by atoms with van der Waals surface area (Å²) in [6.45, 7) is 2.65. The molecule has 0 bridgehead atoms. The standard InChI is InChI=1S/C9H17N3O/c1-2-3-7-12-9(13)8(11)5-4-6-10/h8H,4-7,10-11H2,1H3,(H,12,13)/t8-/m0/s1. The van der Waals surface area contributed by atoms with Gasteiger partial charge in [-0.15, -0.1) is 5.92 Å². The van der Waals surface area contributed by atoms with Gasteiger partial charge in [-0.1, -0.05) is 5.92 Å². The Morgan fingerprint density at radius 2 is 2.31 bits per heavy atom. The maximum atomic E-state index is 11.2. The van der Waals surface area contributed by atoms with E-state index in [1.807, 2.05) is 0 Å². The van der Waals surface area contributed by atoms with Crippen LogP contribution >= 0.6 is 0 Å². The van der Waals surface area contributed by atoms with Crippen LogP contribution in [0.25, 0.3) is 0 Å². The normalized spacial score (nSPS) is 11.3. The highest BCUT2D eigenvalue weighted by molar-refractivity contribution is 5.81. The third kappa shape index (κ3) is 6.14. The molecule has 4 nitrogen and oxygen atoms in total. The Hall–Kier alpha value is -1.05. The van der Waals surface area contributed by atoms with Gasteiger partial charge in [0.15, 0.2) is 0 Å². The zero-order valence-electron chi connectivity index (χ0n) is 7.97. The van der Waals surface area contributed by atoms with Crippen molar-refractivity contribution in [3.63, 3.8) is 0 Å². The van der Waals surface area contributed by atoms with Crippen LogP contribution in [-0.4, -0.2) is 25.0 Å². The van der Waals surface area contributed by atoms with Gasteiger partial charge in [-0.05, 0) is 26.3 Å². The van der Waals surface area contributed by atoms with Crippen LogP contribution in [0.1, 0.15) is 19.8 Å². The molecule has 0 saturated carbocycles. The van der Waals surface area contributed by atoms with Gasteiger partial charge in [-0.3, -0.25) is 4.79 Å². The molecule has 0 aliphatic heterocycles. The fourth-order valence-corrected chi connectivity index (χ4v) is 0.820. The van der Waals surface area contributed by atoms with E-state index in [1.54, 1.807) is 6.92 Å². The van der Waals surface area contributed by atoms with E-state index in [2.05, 4.69) is 17.2 Å². The van der Waals surface area contributed by atoms with Crippen LogP contribution in [0.4, 0.5) is 0 Å². The van der Waals surface area contributed by atoms with Crippen LogP contribution in [0.2, 0.25) is 0 Å². The average molecular weight is 183 g/mol. The van der Waals surface area contributed by atoms with Gasteiger partial charge >= 0.3 is 0 Å². The lowest BCUT2D eigenvalue weighted by Crippen LogP contribution is -2.40. The minimum atomic E-state index is -0.456. The minimum Gasteiger partial charge on any atom is -0.344 e. The molecule has 0 saturated heterocycles. The Morgan fingerprint density at radius 3 is 2.85 bits per heavy atom. The molecule has 0 radical (unpaired) electrons. The SMILES string of the molecule is CC#CCNC(=O)[C@@H](N)CCCN. The molecule has 0 rings (SSSR count). The number of nitrogens with two attached hydrogens (primary N) is 2. The fraction of sp³-hybridized carbons (Fsp3) is 0.667. The van der Waals surface area contributed by atoms with Gasteiger partial charge in [0.25, 0.3) is 0 Å². The van der Waals surface area contributed by atoms with Crippen LogP contribution in [0.3, 0.4) is 0 Å². The zero-order chi connectivity index (χ0) is 10.1. The number of carbonyl (C=O) groups excluding carboxylic acids is 1. The second kappa shape index (κ2) is 7.59. The Labute approximate surface area is 79.0 Å². The van der Waals surface area contributed by atoms with Gasteiger partial charge in [0.2, 0.25) is 5.91 Å². The molecular weight excluding hydrogens is 166 g/mol. The van der Waals surface area contributed by atoms with Gasteiger partial charge in [-0.25, -0.2) is 0 Å². The van der Waals surface area contributed by atoms with E-state index in [-0.39, 0.29) is 5.91 Å². The first-order valence-corrected chi connectivity index (χ1v) is 4.35. The number of hydrogen-bond donors (Lipinski definition) is 3. The second-order valence-corrected chi connectivity index (χ2v) is 2.68. The molecule has 1 atom stereocenters. The molecule has 0 aromatic rings. The Kier molecular flexibility index (Phi) is 6.98. The van der Waals surface area contributed by atoms with Crippen molar-refractivity contribution in [3.05, 3.63) is 0 Å². The summed E-state index contributed by atoms with van der Waals surface area (Å²) in [5, 5.41) is 2.61. The summed E-state index contributed by atoms with van der Waals surface area (Å²) in [5.74, 6) is 5.25. The number of nitrogens with one attached hydrogen (secondary N) is 1. The predicted molar refractivity (Wildman–Crippen MR) is 52.7 cm³/mol. The maximum Gasteiger partial charge on any atom is 0.237 e. The number of carbonyl (C=O) groups is 1. The molecular formula is C9H17N3O. The van der Waals surface area contributed by atoms with Crippen molar-refractivity contribution in [2.24, 2.45) is 11.5 Å². The lowest BCUT2D eigenvalue weighted by atomic mass is 10.1. The number of hydrogen-bond acceptors (Lipinski definition) is 3. The van der Waals surface area contributed by atoms with E-state index in [1.165, 1.54) is 0 Å². The van der Waals surface area contributed by atoms with Crippen molar-refractivity contribution in [2.75, 3.05) is 13.1 Å². The second-order valence-electron chi connectivity index (χ2n) is 2.68. The van der Waals surface area contributed by atoms with E-state index in [9.17, 15) is 4.79 Å². The van der Waals surface area contributed by atoms with Gasteiger partial charge < -0.3 is 16.8 Å². The lowest BCUT2D eigenvalue weighted by molar-refractivity contribution is -0.122. The molecule has 0 aromatic carbocycles. The summed E-state index contributed by atoms with van der Waals surface area (Å²) in [5.41, 5.74) is 10.9. The Balaban J connectivity index is 3.60. The quantitative estimate of drug-likeness (QED) is 0.488. The summed E-state index contributed by atoms with van der Waals surface area (Å²) in [4.78, 5) is 11.2. The van der Waals surface area contributed by atoms with Crippen molar-refractivity contribution in [1.29, 1.82) is 0 Å². The molecule has 0 unspecified atom stereocenters. The van der Waals surface area contributed by atoms with Crippen LogP contribution in [0.5, 0.6) is 0 Å². The van der Waals surface area contributed by atoms with Crippen molar-refractivity contribution in [3.8, 4) is 11.8 Å². The molecule has 0 fully saturated rings. The molecule has 13 heavy (non-hydrogen) atoms. The first kappa shape index (κ1) is 11.9. The third-order valence-corrected chi connectivity index (χ3v) is 1.58. The highest BCUT2D eigenvalue weighted by Gasteiger charge is 2.10. The third-order valence-electron chi connectivity index (χ3n) is 1.58. The Morgan fingerprint density at radius 1 is 1.62 bits per heavy atom. The van der Waals surface area contributed by atoms with Gasteiger partial charge in [0, 0.05) is 0 Å².